The Kier molecular flexibility index (Phi) is 6.54. The molecule has 1 N–H and O–H groups in total. The van der Waals surface area contributed by atoms with Crippen LogP contribution in [-0.2, 0) is 23.8 Å². The summed E-state index contributed by atoms with van der Waals surface area (Å²) in [5.41, 5.74) is -2.03. The SMILES string of the molecule is CC(=O)OC[C@H]1O[C@@H](n2cc(C(F)CCl)c(=O)[nH]c2=O)C[C@@H]1OC(C)=O. The van der Waals surface area contributed by atoms with Crippen LogP contribution in [0.5, 0.6) is 0 Å². The van der Waals surface area contributed by atoms with Crippen molar-refractivity contribution >= 4 is 23.5 Å². The summed E-state index contributed by atoms with van der Waals surface area (Å²) < 4.78 is 30.4. The van der Waals surface area contributed by atoms with Crippen molar-refractivity contribution in [2.24, 2.45) is 0 Å². The van der Waals surface area contributed by atoms with Gasteiger partial charge in [0.05, 0.1) is 11.4 Å². The van der Waals surface area contributed by atoms with Gasteiger partial charge in [-0.2, -0.15) is 0 Å². The van der Waals surface area contributed by atoms with Gasteiger partial charge in [-0.05, 0) is 0 Å². The molecule has 1 aliphatic rings. The summed E-state index contributed by atoms with van der Waals surface area (Å²) in [4.78, 5) is 48.0. The summed E-state index contributed by atoms with van der Waals surface area (Å²) >= 11 is 5.43. The van der Waals surface area contributed by atoms with E-state index in [1.807, 2.05) is 4.98 Å². The smallest absolute Gasteiger partial charge is 0.330 e. The largest absolute Gasteiger partial charge is 0.463 e. The number of ether oxygens (including phenoxy) is 3. The number of hydrogen-bond acceptors (Lipinski definition) is 7. The molecule has 0 amide bonds. The molecule has 1 saturated heterocycles. The summed E-state index contributed by atoms with van der Waals surface area (Å²) in [7, 11) is 0. The maximum absolute atomic E-state index is 13.8. The quantitative estimate of drug-likeness (QED) is 0.555. The number of aromatic nitrogens is 2. The molecular formula is C15H18ClFN2O7. The number of aromatic amines is 1. The van der Waals surface area contributed by atoms with Crippen molar-refractivity contribution < 1.29 is 28.2 Å². The number of rotatable bonds is 6. The second-order valence-electron chi connectivity index (χ2n) is 5.69. The molecule has 2 heterocycles. The molecule has 11 heteroatoms. The van der Waals surface area contributed by atoms with E-state index in [1.165, 1.54) is 13.8 Å². The minimum atomic E-state index is -1.77. The van der Waals surface area contributed by atoms with Gasteiger partial charge in [0.2, 0.25) is 0 Å². The van der Waals surface area contributed by atoms with Crippen molar-refractivity contribution in [3.63, 3.8) is 0 Å². The number of carbonyl (C=O) groups is 2. The Morgan fingerprint density at radius 1 is 1.42 bits per heavy atom. The lowest BCUT2D eigenvalue weighted by Crippen LogP contribution is -2.35. The average Bonchev–Trinajstić information content (AvgIpc) is 2.94. The molecule has 2 rings (SSSR count). The average molecular weight is 393 g/mol. The number of H-pyrrole nitrogens is 1. The Hall–Kier alpha value is -2.20. The molecule has 4 atom stereocenters. The van der Waals surface area contributed by atoms with Gasteiger partial charge in [-0.3, -0.25) is 23.9 Å². The Balaban J connectivity index is 2.30. The van der Waals surface area contributed by atoms with E-state index in [2.05, 4.69) is 0 Å². The third-order valence-electron chi connectivity index (χ3n) is 3.73. The Bertz CT molecular complexity index is 793. The predicted octanol–water partition coefficient (Wildman–Crippen LogP) is 0.568. The standard InChI is InChI=1S/C15H18ClFN2O7/c1-7(20)24-6-12-11(25-8(2)21)3-13(26-12)19-5-9(10(17)4-16)14(22)18-15(19)23/h5,10-13H,3-4,6H2,1-2H3,(H,18,22,23)/t10?,11-,12+,13+/m0/s1. The lowest BCUT2D eigenvalue weighted by molar-refractivity contribution is -0.155. The number of alkyl halides is 2. The van der Waals surface area contributed by atoms with Gasteiger partial charge in [-0.15, -0.1) is 11.6 Å². The summed E-state index contributed by atoms with van der Waals surface area (Å²) in [5.74, 6) is -1.59. The molecule has 1 aromatic rings. The van der Waals surface area contributed by atoms with Crippen LogP contribution in [0.3, 0.4) is 0 Å². The number of hydrogen-bond donors (Lipinski definition) is 1. The van der Waals surface area contributed by atoms with E-state index in [0.29, 0.717) is 0 Å². The zero-order valence-corrected chi connectivity index (χ0v) is 14.8. The monoisotopic (exact) mass is 392 g/mol. The molecule has 1 fully saturated rings. The van der Waals surface area contributed by atoms with Gasteiger partial charge < -0.3 is 14.2 Å². The Labute approximate surface area is 152 Å². The molecule has 0 saturated carbocycles. The highest BCUT2D eigenvalue weighted by atomic mass is 35.5. The fourth-order valence-corrected chi connectivity index (χ4v) is 2.75. The first-order chi connectivity index (χ1) is 12.2. The van der Waals surface area contributed by atoms with Crippen LogP contribution in [0.2, 0.25) is 0 Å². The van der Waals surface area contributed by atoms with Gasteiger partial charge in [0.1, 0.15) is 31.2 Å². The van der Waals surface area contributed by atoms with Crippen molar-refractivity contribution in [3.8, 4) is 0 Å². The second-order valence-corrected chi connectivity index (χ2v) is 6.00. The number of esters is 2. The summed E-state index contributed by atoms with van der Waals surface area (Å²) in [6, 6.07) is 0. The molecular weight excluding hydrogens is 375 g/mol. The molecule has 0 aromatic carbocycles. The number of nitrogens with zero attached hydrogens (tertiary/aromatic N) is 1. The Morgan fingerprint density at radius 3 is 2.69 bits per heavy atom. The lowest BCUT2D eigenvalue weighted by atomic mass is 10.2. The first-order valence-electron chi connectivity index (χ1n) is 7.74. The van der Waals surface area contributed by atoms with Crippen molar-refractivity contribution in [2.45, 2.75) is 44.9 Å². The minimum absolute atomic E-state index is 0.0503. The molecule has 144 valence electrons. The van der Waals surface area contributed by atoms with E-state index in [4.69, 9.17) is 25.8 Å². The van der Waals surface area contributed by atoms with Gasteiger partial charge in [0.15, 0.2) is 0 Å². The van der Waals surface area contributed by atoms with Gasteiger partial charge >= 0.3 is 17.6 Å². The molecule has 1 unspecified atom stereocenters. The Morgan fingerprint density at radius 2 is 2.12 bits per heavy atom. The first kappa shape index (κ1) is 20.1. The van der Waals surface area contributed by atoms with Crippen molar-refractivity contribution in [1.82, 2.24) is 9.55 Å². The topological polar surface area (TPSA) is 117 Å². The minimum Gasteiger partial charge on any atom is -0.463 e. The summed E-state index contributed by atoms with van der Waals surface area (Å²) in [6.45, 7) is 2.22. The zero-order chi connectivity index (χ0) is 19.4. The molecule has 0 spiro atoms. The van der Waals surface area contributed by atoms with Crippen LogP contribution in [0.4, 0.5) is 4.39 Å². The van der Waals surface area contributed by atoms with Crippen LogP contribution < -0.4 is 11.2 Å². The third kappa shape index (κ3) is 4.70. The fraction of sp³-hybridized carbons (Fsp3) is 0.600. The highest BCUT2D eigenvalue weighted by molar-refractivity contribution is 6.18. The number of carbonyl (C=O) groups excluding carboxylic acids is 2. The molecule has 0 aliphatic carbocycles. The van der Waals surface area contributed by atoms with Crippen LogP contribution in [0.25, 0.3) is 0 Å². The van der Waals surface area contributed by atoms with Crippen LogP contribution in [0.1, 0.15) is 38.2 Å². The van der Waals surface area contributed by atoms with E-state index in [0.717, 1.165) is 10.8 Å². The molecule has 26 heavy (non-hydrogen) atoms. The molecule has 9 nitrogen and oxygen atoms in total. The molecule has 1 aromatic heterocycles. The van der Waals surface area contributed by atoms with E-state index >= 15 is 0 Å². The van der Waals surface area contributed by atoms with Crippen LogP contribution in [0.15, 0.2) is 15.8 Å². The van der Waals surface area contributed by atoms with Crippen molar-refractivity contribution in [3.05, 3.63) is 32.6 Å². The van der Waals surface area contributed by atoms with Crippen LogP contribution in [-0.4, -0.2) is 46.2 Å². The predicted molar refractivity (Wildman–Crippen MR) is 86.6 cm³/mol. The van der Waals surface area contributed by atoms with Crippen LogP contribution >= 0.6 is 11.6 Å². The van der Waals surface area contributed by atoms with Crippen LogP contribution in [0, 0.1) is 0 Å². The van der Waals surface area contributed by atoms with Crippen molar-refractivity contribution in [2.75, 3.05) is 12.5 Å². The number of halogens is 2. The van der Waals surface area contributed by atoms with E-state index in [9.17, 15) is 23.6 Å². The lowest BCUT2D eigenvalue weighted by Gasteiger charge is -2.18. The highest BCUT2D eigenvalue weighted by Gasteiger charge is 2.40. The van der Waals surface area contributed by atoms with Gasteiger partial charge in [0, 0.05) is 26.5 Å². The molecule has 1 aliphatic heterocycles. The van der Waals surface area contributed by atoms with Gasteiger partial charge in [0.25, 0.3) is 5.56 Å². The van der Waals surface area contributed by atoms with E-state index < -0.39 is 53.7 Å². The van der Waals surface area contributed by atoms with E-state index in [1.54, 1.807) is 0 Å². The normalized spacial score (nSPS) is 23.5. The maximum Gasteiger partial charge on any atom is 0.330 e. The molecule has 0 radical (unpaired) electrons. The van der Waals surface area contributed by atoms with Crippen molar-refractivity contribution in [1.29, 1.82) is 0 Å². The first-order valence-corrected chi connectivity index (χ1v) is 8.27. The summed E-state index contributed by atoms with van der Waals surface area (Å²) in [5, 5.41) is 0. The maximum atomic E-state index is 13.8. The van der Waals surface area contributed by atoms with E-state index in [-0.39, 0.29) is 18.6 Å². The fourth-order valence-electron chi connectivity index (χ4n) is 2.58. The highest BCUT2D eigenvalue weighted by Crippen LogP contribution is 2.30. The van der Waals surface area contributed by atoms with Gasteiger partial charge in [-0.1, -0.05) is 0 Å². The van der Waals surface area contributed by atoms with Gasteiger partial charge in [-0.25, -0.2) is 9.18 Å². The zero-order valence-electron chi connectivity index (χ0n) is 14.1. The number of nitrogens with one attached hydrogen (secondary N) is 1. The third-order valence-corrected chi connectivity index (χ3v) is 4.00. The summed E-state index contributed by atoms with van der Waals surface area (Å²) in [6.07, 6.45) is -3.25. The second kappa shape index (κ2) is 8.45. The molecule has 0 bridgehead atoms.